The van der Waals surface area contributed by atoms with E-state index in [-0.39, 0.29) is 22.6 Å². The maximum Gasteiger partial charge on any atom is 0.333 e. The third-order valence-corrected chi connectivity index (χ3v) is 13.4. The Labute approximate surface area is 351 Å². The molecule has 6 N–H and O–H groups in total. The number of nitrogens with zero attached hydrogens (tertiary/aromatic N) is 3. The second kappa shape index (κ2) is 15.8. The van der Waals surface area contributed by atoms with E-state index in [2.05, 4.69) is 0 Å². The first kappa shape index (κ1) is 45.1. The van der Waals surface area contributed by atoms with Gasteiger partial charge in [0.2, 0.25) is 27.5 Å². The van der Waals surface area contributed by atoms with Gasteiger partial charge in [0.25, 0.3) is 26.1 Å². The molecular weight excluding hydrogens is 861 g/mol. The number of anilines is 1. The van der Waals surface area contributed by atoms with Gasteiger partial charge in [0, 0.05) is 65.1 Å². The van der Waals surface area contributed by atoms with E-state index >= 15 is 0 Å². The van der Waals surface area contributed by atoms with E-state index in [0.29, 0.717) is 58.8 Å². The Morgan fingerprint density at radius 2 is 1.44 bits per heavy atom. The molecule has 3 aromatic rings. The first-order chi connectivity index (χ1) is 28.1. The highest BCUT2D eigenvalue weighted by Crippen LogP contribution is 2.50. The summed E-state index contributed by atoms with van der Waals surface area (Å²) in [5, 5.41) is 31.1. The van der Waals surface area contributed by atoms with Gasteiger partial charge in [-0.2, -0.15) is 21.4 Å². The fraction of sp³-hybridized carbons (Fsp3) is 0.385. The molecule has 2 unspecified atom stereocenters. The lowest BCUT2D eigenvalue weighted by Gasteiger charge is -2.35. The highest BCUT2D eigenvalue weighted by atomic mass is 32.2. The number of aromatic hydroxyl groups is 2. The minimum atomic E-state index is -4.66. The molecule has 22 heteroatoms. The van der Waals surface area contributed by atoms with Crippen LogP contribution in [0.2, 0.25) is 0 Å². The molecule has 0 saturated heterocycles. The molecule has 3 heterocycles. The van der Waals surface area contributed by atoms with Gasteiger partial charge in [-0.1, -0.05) is 19.9 Å². The number of rotatable bonds is 14. The van der Waals surface area contributed by atoms with Gasteiger partial charge >= 0.3 is 5.97 Å². The van der Waals surface area contributed by atoms with Gasteiger partial charge in [0.1, 0.15) is 13.1 Å². The summed E-state index contributed by atoms with van der Waals surface area (Å²) in [6, 6.07) is 10.1. The van der Waals surface area contributed by atoms with Crippen molar-refractivity contribution in [2.45, 2.75) is 80.1 Å². The van der Waals surface area contributed by atoms with Crippen LogP contribution < -0.4 is 14.5 Å². The highest BCUT2D eigenvalue weighted by molar-refractivity contribution is 7.89. The highest BCUT2D eigenvalue weighted by Gasteiger charge is 2.51. The molecule has 0 spiro atoms. The first-order valence-corrected chi connectivity index (χ1v) is 23.5. The fourth-order valence-corrected chi connectivity index (χ4v) is 9.45. The summed E-state index contributed by atoms with van der Waals surface area (Å²) in [5.41, 5.74) is 0.336. The molecular formula is C39H45N4O15S3+. The standard InChI is InChI=1S/C39H44N4O15S3/c1-38(2)26-17-22(60(52,53)54)10-12-28(26)41(16-8-6-7-9-35(47)58-43-33(45)14-15-34(43)46)30(38)19-24-36(48)25(37(24)49)20-31-39(3,4)27-18-23(61(55,56)57)11-13-29(27)42(31)21-32(44)40-59(5,50)51/h10-15,17-20,25,36,48H,6-9,16,21H2,1-5H3,(H4,40,44,49,52,53,54,55,56,57)/p+1. The zero-order chi connectivity index (χ0) is 45.2. The molecule has 6 rings (SSSR count). The number of hydrogen-bond donors (Lipinski definition) is 6. The number of benzene rings is 2. The number of nitrogens with one attached hydrogen (secondary N) is 1. The average Bonchev–Trinajstić information content (AvgIpc) is 3.65. The third-order valence-electron chi connectivity index (χ3n) is 11.1. The van der Waals surface area contributed by atoms with Gasteiger partial charge < -0.3 is 25.1 Å². The van der Waals surface area contributed by atoms with Crippen LogP contribution in [0.25, 0.3) is 0 Å². The maximum atomic E-state index is 14.0. The predicted molar refractivity (Wildman–Crippen MR) is 217 cm³/mol. The van der Waals surface area contributed by atoms with Crippen LogP contribution in [0.15, 0.2) is 81.7 Å². The van der Waals surface area contributed by atoms with Crippen LogP contribution in [-0.2, 0) is 55.5 Å². The number of carbonyl (C=O) groups excluding carboxylic acids is 3. The molecule has 328 valence electrons. The number of allylic oxidation sites excluding steroid dienone is 2. The van der Waals surface area contributed by atoms with Crippen molar-refractivity contribution >= 4 is 65.0 Å². The van der Waals surface area contributed by atoms with E-state index in [1.54, 1.807) is 27.7 Å². The van der Waals surface area contributed by atoms with Crippen molar-refractivity contribution in [2.24, 2.45) is 5.92 Å². The van der Waals surface area contributed by atoms with Crippen molar-refractivity contribution in [3.63, 3.8) is 0 Å². The maximum absolute atomic E-state index is 14.0. The van der Waals surface area contributed by atoms with Crippen molar-refractivity contribution in [3.8, 4) is 11.8 Å². The molecule has 19 nitrogen and oxygen atoms in total. The van der Waals surface area contributed by atoms with Crippen LogP contribution in [0, 0.1) is 5.92 Å². The second-order valence-corrected chi connectivity index (χ2v) is 20.7. The van der Waals surface area contributed by atoms with Gasteiger partial charge in [0.15, 0.2) is 11.5 Å². The number of aliphatic hydroxyl groups is 1. The van der Waals surface area contributed by atoms with Crippen molar-refractivity contribution in [1.29, 1.82) is 0 Å². The fourth-order valence-electron chi connectivity index (χ4n) is 7.96. The Balaban J connectivity index is 1.31. The van der Waals surface area contributed by atoms with Crippen molar-refractivity contribution in [3.05, 3.63) is 83.1 Å². The normalized spacial score (nSPS) is 20.8. The van der Waals surface area contributed by atoms with Crippen LogP contribution in [0.1, 0.15) is 64.5 Å². The summed E-state index contributed by atoms with van der Waals surface area (Å²) in [5.74, 6) is -4.27. The summed E-state index contributed by atoms with van der Waals surface area (Å²) in [4.78, 5) is 44.9. The zero-order valence-corrected chi connectivity index (χ0v) is 36.0. The summed E-state index contributed by atoms with van der Waals surface area (Å²) in [6.07, 6.45) is 3.59. The number of aliphatic hydroxyl groups excluding tert-OH is 1. The number of fused-ring (bicyclic) bond motifs is 2. The number of ketones is 1. The summed E-state index contributed by atoms with van der Waals surface area (Å²) < 4.78 is 96.1. The second-order valence-electron chi connectivity index (χ2n) is 16.1. The Hall–Kier alpha value is -5.39. The Bertz CT molecular complexity index is 2780. The smallest absolute Gasteiger partial charge is 0.333 e. The molecule has 2 atom stereocenters. The van der Waals surface area contributed by atoms with Crippen molar-refractivity contribution in [2.75, 3.05) is 24.2 Å². The molecule has 0 radical (unpaired) electrons. The molecule has 2 aliphatic heterocycles. The van der Waals surface area contributed by atoms with Gasteiger partial charge in [-0.05, 0) is 62.6 Å². The summed E-state index contributed by atoms with van der Waals surface area (Å²) >= 11 is 0. The predicted octanol–water partition coefficient (Wildman–Crippen LogP) is 2.23. The van der Waals surface area contributed by atoms with E-state index in [1.807, 2.05) is 9.30 Å². The molecule has 1 amide bonds. The topological polar surface area (TPSA) is 287 Å². The minimum absolute atomic E-state index is 0.000318. The van der Waals surface area contributed by atoms with Gasteiger partial charge in [-0.25, -0.2) is 13.2 Å². The van der Waals surface area contributed by atoms with E-state index in [9.17, 15) is 64.1 Å². The van der Waals surface area contributed by atoms with Crippen molar-refractivity contribution in [1.82, 2.24) is 9.45 Å². The average molecular weight is 906 g/mol. The summed E-state index contributed by atoms with van der Waals surface area (Å²) in [7, 11) is -13.2. The number of amides is 1. The SMILES string of the molecule is CC1(C)C(=CC2C(=O)C(=CC3=[N+](CCCCCC(=O)On4c(O)ccc4O)c4ccc(S(=O)(=O)O)cc4C3(C)C)C2O)N(CC(=O)NS(C)(=O)=O)c2ccc(S(=O)(=O)O)cc21. The molecule has 1 saturated carbocycles. The monoisotopic (exact) mass is 905 g/mol. The Morgan fingerprint density at radius 1 is 0.852 bits per heavy atom. The number of hydrogen-bond acceptors (Lipinski definition) is 14. The molecule has 61 heavy (non-hydrogen) atoms. The van der Waals surface area contributed by atoms with E-state index in [1.165, 1.54) is 47.4 Å². The molecule has 2 aromatic carbocycles. The number of Topliss-reactive ketones (excluding diaryl/α,β-unsaturated/α-hetero) is 1. The number of unbranched alkanes of at least 4 members (excludes halogenated alkanes) is 2. The lowest BCUT2D eigenvalue weighted by atomic mass is 9.71. The lowest BCUT2D eigenvalue weighted by Crippen LogP contribution is -2.46. The number of sulfonamides is 1. The Morgan fingerprint density at radius 3 is 2.02 bits per heavy atom. The molecule has 1 aromatic heterocycles. The number of aromatic nitrogens is 1. The third kappa shape index (κ3) is 8.86. The van der Waals surface area contributed by atoms with Crippen LogP contribution in [-0.4, -0.2) is 108 Å². The Kier molecular flexibility index (Phi) is 11.7. The zero-order valence-electron chi connectivity index (χ0n) is 33.6. The first-order valence-electron chi connectivity index (χ1n) is 18.8. The van der Waals surface area contributed by atoms with Crippen LogP contribution in [0.3, 0.4) is 0 Å². The lowest BCUT2D eigenvalue weighted by molar-refractivity contribution is -0.438. The van der Waals surface area contributed by atoms with Crippen molar-refractivity contribution < 1.29 is 73.5 Å². The van der Waals surface area contributed by atoms with E-state index < -0.39 is 94.0 Å². The molecule has 1 fully saturated rings. The molecule has 3 aliphatic rings. The van der Waals surface area contributed by atoms with Gasteiger partial charge in [0.05, 0.1) is 33.5 Å². The largest absolute Gasteiger partial charge is 0.492 e. The van der Waals surface area contributed by atoms with Crippen LogP contribution in [0.4, 0.5) is 11.4 Å². The molecule has 0 bridgehead atoms. The quantitative estimate of drug-likeness (QED) is 0.0585. The van der Waals surface area contributed by atoms with Crippen LogP contribution >= 0.6 is 0 Å². The number of carbonyl (C=O) groups is 3. The van der Waals surface area contributed by atoms with Gasteiger partial charge in [-0.3, -0.25) is 23.4 Å². The van der Waals surface area contributed by atoms with Gasteiger partial charge in [-0.15, -0.1) is 4.73 Å². The van der Waals surface area contributed by atoms with Crippen LogP contribution in [0.5, 0.6) is 11.8 Å². The van der Waals surface area contributed by atoms with E-state index in [4.69, 9.17) is 4.84 Å². The van der Waals surface area contributed by atoms with E-state index in [0.717, 1.165) is 24.5 Å². The molecule has 1 aliphatic carbocycles. The minimum Gasteiger partial charge on any atom is -0.492 e. The summed E-state index contributed by atoms with van der Waals surface area (Å²) in [6.45, 7) is 6.62.